The predicted molar refractivity (Wildman–Crippen MR) is 91.2 cm³/mol. The topological polar surface area (TPSA) is 49.4 Å². The average Bonchev–Trinajstić information content (AvgIpc) is 3.35. The molecule has 6 atom stereocenters. The molecule has 1 heterocycles. The van der Waals surface area contributed by atoms with Crippen molar-refractivity contribution in [2.45, 2.75) is 13.3 Å². The normalized spacial score (nSPS) is 38.3. The fourth-order valence-corrected chi connectivity index (χ4v) is 5.31. The van der Waals surface area contributed by atoms with Crippen molar-refractivity contribution < 1.29 is 9.59 Å². The number of nitrogens with zero attached hydrogens (tertiary/aromatic N) is 1. The summed E-state index contributed by atoms with van der Waals surface area (Å²) in [6.07, 6.45) is 5.59. The third-order valence-corrected chi connectivity index (χ3v) is 6.86. The average molecular weight is 343 g/mol. The van der Waals surface area contributed by atoms with Crippen LogP contribution in [0.15, 0.2) is 30.4 Å². The molecule has 5 aliphatic rings. The van der Waals surface area contributed by atoms with E-state index >= 15 is 0 Å². The number of allylic oxidation sites excluding steroid dienone is 2. The Kier molecular flexibility index (Phi) is 2.94. The lowest BCUT2D eigenvalue weighted by molar-refractivity contribution is -0.139. The first-order valence-corrected chi connectivity index (χ1v) is 8.98. The molecule has 3 fully saturated rings. The third kappa shape index (κ3) is 1.80. The number of hydrogen-bond donors (Lipinski definition) is 1. The summed E-state index contributed by atoms with van der Waals surface area (Å²) in [4.78, 5) is 27.2. The fraction of sp³-hybridized carbons (Fsp3) is 0.474. The van der Waals surface area contributed by atoms with Gasteiger partial charge in [-0.05, 0) is 54.7 Å². The number of hydrogen-bond acceptors (Lipinski definition) is 3. The van der Waals surface area contributed by atoms with Crippen LogP contribution in [0.3, 0.4) is 0 Å². The molecule has 0 radical (unpaired) electrons. The smallest absolute Gasteiger partial charge is 0.235 e. The Labute approximate surface area is 145 Å². The molecule has 1 aromatic rings. The van der Waals surface area contributed by atoms with Crippen molar-refractivity contribution in [1.82, 2.24) is 4.90 Å². The van der Waals surface area contributed by atoms with E-state index in [2.05, 4.69) is 17.5 Å². The molecule has 2 bridgehead atoms. The Balaban J connectivity index is 1.38. The monoisotopic (exact) mass is 342 g/mol. The number of likely N-dealkylation sites (tertiary alicyclic amines) is 1. The van der Waals surface area contributed by atoms with E-state index in [4.69, 9.17) is 11.6 Å². The number of halogens is 1. The minimum atomic E-state index is -0.126. The SMILES string of the molecule is Cc1c(Cl)cccc1NCN1C(=O)[C@@H]2[C@@H]3C=C[C@H]([C@H]4C[C@H]34)[C@@H]2C1=O. The lowest BCUT2D eigenvalue weighted by Gasteiger charge is -2.37. The first-order chi connectivity index (χ1) is 11.6. The number of anilines is 1. The zero-order chi connectivity index (χ0) is 16.6. The maximum Gasteiger partial charge on any atom is 0.235 e. The van der Waals surface area contributed by atoms with E-state index in [9.17, 15) is 9.59 Å². The van der Waals surface area contributed by atoms with E-state index in [1.165, 1.54) is 11.3 Å². The van der Waals surface area contributed by atoms with Crippen LogP contribution >= 0.6 is 11.6 Å². The number of amides is 2. The first-order valence-electron chi connectivity index (χ1n) is 8.60. The lowest BCUT2D eigenvalue weighted by atomic mass is 9.63. The molecular formula is C19H19ClN2O2. The Morgan fingerprint density at radius 2 is 1.75 bits per heavy atom. The van der Waals surface area contributed by atoms with Gasteiger partial charge in [0.25, 0.3) is 0 Å². The van der Waals surface area contributed by atoms with Gasteiger partial charge in [0.1, 0.15) is 0 Å². The van der Waals surface area contributed by atoms with Gasteiger partial charge in [-0.1, -0.05) is 29.8 Å². The van der Waals surface area contributed by atoms with Crippen LogP contribution in [0.1, 0.15) is 12.0 Å². The number of carbonyl (C=O) groups is 2. The Morgan fingerprint density at radius 1 is 1.12 bits per heavy atom. The molecule has 1 aliphatic heterocycles. The molecular weight excluding hydrogens is 324 g/mol. The Hall–Kier alpha value is -1.81. The summed E-state index contributed by atoms with van der Waals surface area (Å²) in [5, 5.41) is 3.89. The van der Waals surface area contributed by atoms with Gasteiger partial charge in [0, 0.05) is 10.7 Å². The van der Waals surface area contributed by atoms with Crippen LogP contribution in [0.25, 0.3) is 0 Å². The molecule has 1 saturated heterocycles. The lowest BCUT2D eigenvalue weighted by Crippen LogP contribution is -2.40. The van der Waals surface area contributed by atoms with Gasteiger partial charge < -0.3 is 5.32 Å². The standard InChI is InChI=1S/C19H19ClN2O2/c1-9-14(20)3-2-4-15(9)21-8-22-18(23)16-10-5-6-11(13-7-12(10)13)17(16)19(22)24/h2-6,10-13,16-17,21H,7-8H2,1H3/t10-,11-,12-,13-,16-,17+/m1/s1. The number of nitrogens with one attached hydrogen (secondary N) is 1. The van der Waals surface area contributed by atoms with Crippen LogP contribution in [0.4, 0.5) is 5.69 Å². The van der Waals surface area contributed by atoms with Crippen LogP contribution in [0.2, 0.25) is 5.02 Å². The highest BCUT2D eigenvalue weighted by atomic mass is 35.5. The summed E-state index contributed by atoms with van der Waals surface area (Å²) >= 11 is 6.14. The molecule has 2 saturated carbocycles. The summed E-state index contributed by atoms with van der Waals surface area (Å²) in [6, 6.07) is 5.61. The van der Waals surface area contributed by atoms with Crippen LogP contribution in [-0.4, -0.2) is 23.4 Å². The molecule has 0 unspecified atom stereocenters. The van der Waals surface area contributed by atoms with Gasteiger partial charge >= 0.3 is 0 Å². The molecule has 24 heavy (non-hydrogen) atoms. The van der Waals surface area contributed by atoms with Crippen LogP contribution in [0, 0.1) is 42.4 Å². The van der Waals surface area contributed by atoms with Gasteiger partial charge in [0.15, 0.2) is 0 Å². The number of rotatable bonds is 3. The van der Waals surface area contributed by atoms with Crippen molar-refractivity contribution in [3.63, 3.8) is 0 Å². The molecule has 0 aromatic heterocycles. The summed E-state index contributed by atoms with van der Waals surface area (Å²) < 4.78 is 0. The van der Waals surface area contributed by atoms with Crippen LogP contribution in [-0.2, 0) is 9.59 Å². The zero-order valence-electron chi connectivity index (χ0n) is 13.4. The third-order valence-electron chi connectivity index (χ3n) is 6.45. The highest BCUT2D eigenvalue weighted by Crippen LogP contribution is 2.65. The number of carbonyl (C=O) groups excluding carboxylic acids is 2. The maximum absolute atomic E-state index is 12.9. The second-order valence-corrected chi connectivity index (χ2v) is 7.91. The number of imide groups is 1. The highest BCUT2D eigenvalue weighted by molar-refractivity contribution is 6.31. The van der Waals surface area contributed by atoms with Crippen LogP contribution in [0.5, 0.6) is 0 Å². The molecule has 2 amide bonds. The largest absolute Gasteiger partial charge is 0.367 e. The quantitative estimate of drug-likeness (QED) is 0.678. The molecule has 1 N–H and O–H groups in total. The van der Waals surface area contributed by atoms with Crippen molar-refractivity contribution in [1.29, 1.82) is 0 Å². The van der Waals surface area contributed by atoms with Crippen molar-refractivity contribution in [3.05, 3.63) is 40.9 Å². The molecule has 6 rings (SSSR count). The van der Waals surface area contributed by atoms with Crippen molar-refractivity contribution in [2.24, 2.45) is 35.5 Å². The summed E-state index contributed by atoms with van der Waals surface area (Å²) in [5.41, 5.74) is 1.79. The molecule has 0 spiro atoms. The second kappa shape index (κ2) is 4.85. The van der Waals surface area contributed by atoms with E-state index in [-0.39, 0.29) is 42.2 Å². The van der Waals surface area contributed by atoms with E-state index in [0.29, 0.717) is 16.9 Å². The predicted octanol–water partition coefficient (Wildman–Crippen LogP) is 3.07. The minimum absolute atomic E-state index is 0.00174. The van der Waals surface area contributed by atoms with E-state index in [1.54, 1.807) is 0 Å². The van der Waals surface area contributed by atoms with Crippen LogP contribution < -0.4 is 5.32 Å². The Bertz CT molecular complexity index is 754. The maximum atomic E-state index is 12.9. The van der Waals surface area contributed by atoms with Crippen molar-refractivity contribution >= 4 is 29.1 Å². The van der Waals surface area contributed by atoms with Gasteiger partial charge in [0.05, 0.1) is 18.5 Å². The second-order valence-electron chi connectivity index (χ2n) is 7.51. The van der Waals surface area contributed by atoms with Gasteiger partial charge in [0.2, 0.25) is 11.8 Å². The van der Waals surface area contributed by atoms with Crippen molar-refractivity contribution in [2.75, 3.05) is 12.0 Å². The molecule has 5 heteroatoms. The molecule has 4 nitrogen and oxygen atoms in total. The summed E-state index contributed by atoms with van der Waals surface area (Å²) in [7, 11) is 0. The highest BCUT2D eigenvalue weighted by Gasteiger charge is 2.66. The summed E-state index contributed by atoms with van der Waals surface area (Å²) in [6.45, 7) is 2.15. The zero-order valence-corrected chi connectivity index (χ0v) is 14.2. The van der Waals surface area contributed by atoms with Gasteiger partial charge in [-0.25, -0.2) is 0 Å². The molecule has 124 valence electrons. The van der Waals surface area contributed by atoms with Gasteiger partial charge in [-0.2, -0.15) is 0 Å². The van der Waals surface area contributed by atoms with Gasteiger partial charge in [-0.3, -0.25) is 14.5 Å². The minimum Gasteiger partial charge on any atom is -0.367 e. The first kappa shape index (κ1) is 14.5. The fourth-order valence-electron chi connectivity index (χ4n) is 5.14. The van der Waals surface area contributed by atoms with Gasteiger partial charge in [-0.15, -0.1) is 0 Å². The number of benzene rings is 1. The summed E-state index contributed by atoms with van der Waals surface area (Å²) in [5.74, 6) is 1.58. The molecule has 4 aliphatic carbocycles. The van der Waals surface area contributed by atoms with Crippen molar-refractivity contribution in [3.8, 4) is 0 Å². The van der Waals surface area contributed by atoms with E-state index in [1.807, 2.05) is 25.1 Å². The Morgan fingerprint density at radius 3 is 2.38 bits per heavy atom. The van der Waals surface area contributed by atoms with E-state index < -0.39 is 0 Å². The van der Waals surface area contributed by atoms with E-state index in [0.717, 1.165) is 11.3 Å². The molecule has 1 aromatic carbocycles.